The van der Waals surface area contributed by atoms with E-state index in [9.17, 15) is 0 Å². The Morgan fingerprint density at radius 1 is 1.11 bits per heavy atom. The number of rotatable bonds is 5. The molecule has 100 valence electrons. The summed E-state index contributed by atoms with van der Waals surface area (Å²) in [5.41, 5.74) is 7.71. The Hall–Kier alpha value is -1.52. The fourth-order valence-corrected chi connectivity index (χ4v) is 2.01. The van der Waals surface area contributed by atoms with E-state index in [0.717, 1.165) is 23.2 Å². The highest BCUT2D eigenvalue weighted by molar-refractivity contribution is 9.10. The average Bonchev–Trinajstić information content (AvgIpc) is 2.42. The number of hydrogen-bond donors (Lipinski definition) is 1. The molecule has 2 rings (SSSR count). The molecule has 0 aliphatic carbocycles. The number of nitrogen functional groups attached to an aromatic ring is 1. The Labute approximate surface area is 121 Å². The van der Waals surface area contributed by atoms with Crippen molar-refractivity contribution in [2.45, 2.75) is 6.42 Å². The van der Waals surface area contributed by atoms with Crippen LogP contribution in [0.2, 0.25) is 0 Å². The van der Waals surface area contributed by atoms with Crippen LogP contribution in [0.25, 0.3) is 0 Å². The molecule has 2 aromatic rings. The van der Waals surface area contributed by atoms with Crippen molar-refractivity contribution >= 4 is 21.6 Å². The van der Waals surface area contributed by atoms with Crippen molar-refractivity contribution in [1.29, 1.82) is 0 Å². The molecule has 0 bridgehead atoms. The van der Waals surface area contributed by atoms with Crippen molar-refractivity contribution in [3.63, 3.8) is 0 Å². The molecule has 0 fully saturated rings. The van der Waals surface area contributed by atoms with E-state index in [1.165, 1.54) is 5.56 Å². The third kappa shape index (κ3) is 3.98. The standard InChI is InChI=1S/C15H16BrNO2/c1-18-9-8-11-2-5-13(6-3-11)19-15-10-12(16)4-7-14(15)17/h2-7,10H,8-9,17H2,1H3. The molecule has 0 aromatic heterocycles. The zero-order chi connectivity index (χ0) is 13.7. The summed E-state index contributed by atoms with van der Waals surface area (Å²) in [5, 5.41) is 0. The van der Waals surface area contributed by atoms with Gasteiger partial charge < -0.3 is 15.2 Å². The molecule has 0 atom stereocenters. The molecule has 0 amide bonds. The summed E-state index contributed by atoms with van der Waals surface area (Å²) in [5.74, 6) is 1.42. The minimum absolute atomic E-state index is 0.617. The van der Waals surface area contributed by atoms with Crippen LogP contribution in [0.3, 0.4) is 0 Å². The SMILES string of the molecule is COCCc1ccc(Oc2cc(Br)ccc2N)cc1. The summed E-state index contributed by atoms with van der Waals surface area (Å²) >= 11 is 3.40. The summed E-state index contributed by atoms with van der Waals surface area (Å²) in [4.78, 5) is 0. The van der Waals surface area contributed by atoms with Crippen molar-refractivity contribution in [1.82, 2.24) is 0 Å². The largest absolute Gasteiger partial charge is 0.455 e. The lowest BCUT2D eigenvalue weighted by molar-refractivity contribution is 0.202. The van der Waals surface area contributed by atoms with Crippen LogP contribution in [0.1, 0.15) is 5.56 Å². The Morgan fingerprint density at radius 2 is 1.84 bits per heavy atom. The van der Waals surface area contributed by atoms with E-state index in [0.29, 0.717) is 11.4 Å². The third-order valence-corrected chi connectivity index (χ3v) is 3.21. The number of anilines is 1. The monoisotopic (exact) mass is 321 g/mol. The maximum absolute atomic E-state index is 5.87. The van der Waals surface area contributed by atoms with Crippen LogP contribution < -0.4 is 10.5 Å². The van der Waals surface area contributed by atoms with Gasteiger partial charge in [0.05, 0.1) is 12.3 Å². The first kappa shape index (κ1) is 13.9. The topological polar surface area (TPSA) is 44.5 Å². The van der Waals surface area contributed by atoms with E-state index in [1.807, 2.05) is 42.5 Å². The van der Waals surface area contributed by atoms with Crippen LogP contribution in [0, 0.1) is 0 Å². The van der Waals surface area contributed by atoms with Crippen LogP contribution >= 0.6 is 15.9 Å². The second-order valence-electron chi connectivity index (χ2n) is 4.17. The van der Waals surface area contributed by atoms with E-state index >= 15 is 0 Å². The lowest BCUT2D eigenvalue weighted by Gasteiger charge is -2.09. The number of nitrogens with two attached hydrogens (primary N) is 1. The van der Waals surface area contributed by atoms with Crippen molar-refractivity contribution in [2.75, 3.05) is 19.5 Å². The highest BCUT2D eigenvalue weighted by Gasteiger charge is 2.03. The first-order valence-electron chi connectivity index (χ1n) is 6.00. The van der Waals surface area contributed by atoms with Crippen LogP contribution in [0.5, 0.6) is 11.5 Å². The van der Waals surface area contributed by atoms with E-state index < -0.39 is 0 Å². The quantitative estimate of drug-likeness (QED) is 0.846. The van der Waals surface area contributed by atoms with Crippen LogP contribution in [-0.2, 0) is 11.2 Å². The number of methoxy groups -OCH3 is 1. The normalized spacial score (nSPS) is 10.4. The van der Waals surface area contributed by atoms with Gasteiger partial charge in [0, 0.05) is 11.6 Å². The lowest BCUT2D eigenvalue weighted by Crippen LogP contribution is -1.95. The fraction of sp³-hybridized carbons (Fsp3) is 0.200. The van der Waals surface area contributed by atoms with Crippen LogP contribution in [0.4, 0.5) is 5.69 Å². The zero-order valence-electron chi connectivity index (χ0n) is 10.7. The third-order valence-electron chi connectivity index (χ3n) is 2.72. The molecule has 0 aliphatic rings. The summed E-state index contributed by atoms with van der Waals surface area (Å²) in [6.07, 6.45) is 0.899. The molecule has 0 radical (unpaired) electrons. The Morgan fingerprint density at radius 3 is 2.53 bits per heavy atom. The summed E-state index contributed by atoms with van der Waals surface area (Å²) in [6, 6.07) is 13.5. The highest BCUT2D eigenvalue weighted by atomic mass is 79.9. The van der Waals surface area contributed by atoms with Gasteiger partial charge in [0.2, 0.25) is 0 Å². The van der Waals surface area contributed by atoms with Gasteiger partial charge in [-0.15, -0.1) is 0 Å². The molecule has 2 N–H and O–H groups in total. The minimum Gasteiger partial charge on any atom is -0.455 e. The van der Waals surface area contributed by atoms with Gasteiger partial charge in [0.15, 0.2) is 5.75 Å². The molecule has 19 heavy (non-hydrogen) atoms. The molecule has 0 spiro atoms. The first-order chi connectivity index (χ1) is 9.19. The molecule has 4 heteroatoms. The first-order valence-corrected chi connectivity index (χ1v) is 6.79. The van der Waals surface area contributed by atoms with Gasteiger partial charge in [-0.25, -0.2) is 0 Å². The van der Waals surface area contributed by atoms with Crippen molar-refractivity contribution < 1.29 is 9.47 Å². The van der Waals surface area contributed by atoms with Crippen molar-refractivity contribution in [3.8, 4) is 11.5 Å². The molecule has 0 unspecified atom stereocenters. The van der Waals surface area contributed by atoms with E-state index in [2.05, 4.69) is 15.9 Å². The fourth-order valence-electron chi connectivity index (χ4n) is 1.67. The Kier molecular flexibility index (Phi) is 4.82. The van der Waals surface area contributed by atoms with Crippen LogP contribution in [-0.4, -0.2) is 13.7 Å². The molecule has 0 heterocycles. The molecule has 0 aliphatic heterocycles. The molecule has 2 aromatic carbocycles. The Balaban J connectivity index is 2.08. The van der Waals surface area contributed by atoms with Crippen molar-refractivity contribution in [2.24, 2.45) is 0 Å². The number of hydrogen-bond acceptors (Lipinski definition) is 3. The molecule has 0 saturated heterocycles. The maximum atomic E-state index is 5.87. The van der Waals surface area contributed by atoms with Crippen molar-refractivity contribution in [3.05, 3.63) is 52.5 Å². The average molecular weight is 322 g/mol. The summed E-state index contributed by atoms with van der Waals surface area (Å²) < 4.78 is 11.7. The molecule has 0 saturated carbocycles. The molecule has 3 nitrogen and oxygen atoms in total. The van der Waals surface area contributed by atoms with Gasteiger partial charge >= 0.3 is 0 Å². The van der Waals surface area contributed by atoms with Gasteiger partial charge in [-0.3, -0.25) is 0 Å². The maximum Gasteiger partial charge on any atom is 0.151 e. The Bertz CT molecular complexity index is 540. The van der Waals surface area contributed by atoms with E-state index in [4.69, 9.17) is 15.2 Å². The predicted octanol–water partition coefficient (Wildman–Crippen LogP) is 4.01. The summed E-state index contributed by atoms with van der Waals surface area (Å²) in [6.45, 7) is 0.721. The number of halogens is 1. The molecular weight excluding hydrogens is 306 g/mol. The molecular formula is C15H16BrNO2. The second-order valence-corrected chi connectivity index (χ2v) is 5.09. The van der Waals surface area contributed by atoms with Gasteiger partial charge in [-0.05, 0) is 42.3 Å². The smallest absolute Gasteiger partial charge is 0.151 e. The minimum atomic E-state index is 0.617. The number of ether oxygens (including phenoxy) is 2. The van der Waals surface area contributed by atoms with Gasteiger partial charge in [0.1, 0.15) is 5.75 Å². The predicted molar refractivity (Wildman–Crippen MR) is 80.7 cm³/mol. The van der Waals surface area contributed by atoms with E-state index in [1.54, 1.807) is 7.11 Å². The van der Waals surface area contributed by atoms with E-state index in [-0.39, 0.29) is 0 Å². The van der Waals surface area contributed by atoms with Gasteiger partial charge in [-0.2, -0.15) is 0 Å². The highest BCUT2D eigenvalue weighted by Crippen LogP contribution is 2.30. The lowest BCUT2D eigenvalue weighted by atomic mass is 10.1. The zero-order valence-corrected chi connectivity index (χ0v) is 12.3. The van der Waals surface area contributed by atoms with Gasteiger partial charge in [0.25, 0.3) is 0 Å². The second kappa shape index (κ2) is 6.59. The summed E-state index contributed by atoms with van der Waals surface area (Å²) in [7, 11) is 1.70. The number of benzene rings is 2. The van der Waals surface area contributed by atoms with Gasteiger partial charge in [-0.1, -0.05) is 28.1 Å². The van der Waals surface area contributed by atoms with Crippen LogP contribution in [0.15, 0.2) is 46.9 Å².